The summed E-state index contributed by atoms with van der Waals surface area (Å²) >= 11 is 5.90. The lowest BCUT2D eigenvalue weighted by Gasteiger charge is -2.29. The molecule has 0 saturated carbocycles. The van der Waals surface area contributed by atoms with Gasteiger partial charge in [-0.15, -0.1) is 0 Å². The summed E-state index contributed by atoms with van der Waals surface area (Å²) in [5, 5.41) is 0.615. The second kappa shape index (κ2) is 8.22. The van der Waals surface area contributed by atoms with Crippen LogP contribution >= 0.6 is 11.6 Å². The van der Waals surface area contributed by atoms with Crippen LogP contribution in [0.5, 0.6) is 0 Å². The average molecular weight is 390 g/mol. The number of nitrogens with zero attached hydrogens (tertiary/aromatic N) is 1. The highest BCUT2D eigenvalue weighted by Gasteiger charge is 2.37. The molecule has 2 rings (SSSR count). The Labute approximate surface area is 165 Å². The van der Waals surface area contributed by atoms with Gasteiger partial charge in [0.1, 0.15) is 11.4 Å². The SMILES string of the molecule is Cc1ccc(C[C@](C)(/N=C/c2ccc(Cl)cc2)C(=O)OC(C)(C)C)c(F)c1. The first-order valence-corrected chi connectivity index (χ1v) is 9.16. The van der Waals surface area contributed by atoms with Gasteiger partial charge in [0, 0.05) is 17.7 Å². The van der Waals surface area contributed by atoms with E-state index in [0.29, 0.717) is 10.6 Å². The van der Waals surface area contributed by atoms with Gasteiger partial charge in [-0.25, -0.2) is 9.18 Å². The van der Waals surface area contributed by atoms with E-state index in [0.717, 1.165) is 11.1 Å². The minimum atomic E-state index is -1.26. The fraction of sp³-hybridized carbons (Fsp3) is 0.364. The Hall–Kier alpha value is -2.20. The van der Waals surface area contributed by atoms with Crippen LogP contribution < -0.4 is 0 Å². The molecule has 0 spiro atoms. The lowest BCUT2D eigenvalue weighted by atomic mass is 9.92. The molecule has 27 heavy (non-hydrogen) atoms. The number of benzene rings is 2. The molecular formula is C22H25ClFNO2. The van der Waals surface area contributed by atoms with Gasteiger partial charge in [0.15, 0.2) is 5.54 Å². The van der Waals surface area contributed by atoms with Crippen molar-refractivity contribution < 1.29 is 13.9 Å². The number of ether oxygens (including phenoxy) is 1. The molecule has 1 atom stereocenters. The van der Waals surface area contributed by atoms with E-state index in [-0.39, 0.29) is 12.2 Å². The monoisotopic (exact) mass is 389 g/mol. The van der Waals surface area contributed by atoms with E-state index >= 15 is 0 Å². The largest absolute Gasteiger partial charge is 0.458 e. The van der Waals surface area contributed by atoms with Gasteiger partial charge < -0.3 is 4.74 Å². The third-order valence-electron chi connectivity index (χ3n) is 3.95. The zero-order valence-corrected chi connectivity index (χ0v) is 17.1. The Morgan fingerprint density at radius 3 is 2.33 bits per heavy atom. The van der Waals surface area contributed by atoms with Crippen molar-refractivity contribution in [2.24, 2.45) is 4.99 Å². The van der Waals surface area contributed by atoms with E-state index in [9.17, 15) is 9.18 Å². The van der Waals surface area contributed by atoms with Gasteiger partial charge in [-0.05, 0) is 69.5 Å². The van der Waals surface area contributed by atoms with E-state index in [4.69, 9.17) is 16.3 Å². The highest BCUT2D eigenvalue weighted by atomic mass is 35.5. The summed E-state index contributed by atoms with van der Waals surface area (Å²) in [6.07, 6.45) is 1.68. The first kappa shape index (κ1) is 21.1. The summed E-state index contributed by atoms with van der Waals surface area (Å²) in [5.41, 5.74) is 0.101. The number of halogens is 2. The Kier molecular flexibility index (Phi) is 6.42. The van der Waals surface area contributed by atoms with Gasteiger partial charge in [0.2, 0.25) is 0 Å². The second-order valence-electron chi connectivity index (χ2n) is 7.86. The number of hydrogen-bond donors (Lipinski definition) is 0. The molecule has 0 heterocycles. The second-order valence-corrected chi connectivity index (χ2v) is 8.29. The van der Waals surface area contributed by atoms with Gasteiger partial charge in [-0.1, -0.05) is 35.9 Å². The summed E-state index contributed by atoms with van der Waals surface area (Å²) in [5.74, 6) is -0.855. The smallest absolute Gasteiger partial charge is 0.334 e. The van der Waals surface area contributed by atoms with Crippen molar-refractivity contribution >= 4 is 23.8 Å². The maximum atomic E-state index is 14.4. The molecule has 0 radical (unpaired) electrons. The number of hydrogen-bond acceptors (Lipinski definition) is 3. The van der Waals surface area contributed by atoms with E-state index < -0.39 is 17.1 Å². The van der Waals surface area contributed by atoms with Crippen LogP contribution in [0.15, 0.2) is 47.5 Å². The molecule has 2 aromatic rings. The molecule has 0 aliphatic carbocycles. The average Bonchev–Trinajstić information content (AvgIpc) is 2.55. The van der Waals surface area contributed by atoms with E-state index in [1.165, 1.54) is 6.07 Å². The highest BCUT2D eigenvalue weighted by molar-refractivity contribution is 6.30. The number of esters is 1. The Bertz CT molecular complexity index is 840. The van der Waals surface area contributed by atoms with Crippen LogP contribution in [0, 0.1) is 12.7 Å². The number of aryl methyl sites for hydroxylation is 1. The maximum Gasteiger partial charge on any atom is 0.334 e. The van der Waals surface area contributed by atoms with Crippen LogP contribution in [-0.2, 0) is 16.0 Å². The van der Waals surface area contributed by atoms with Crippen LogP contribution in [0.3, 0.4) is 0 Å². The lowest BCUT2D eigenvalue weighted by Crippen LogP contribution is -2.41. The topological polar surface area (TPSA) is 38.7 Å². The molecule has 0 N–H and O–H groups in total. The van der Waals surface area contributed by atoms with E-state index in [1.54, 1.807) is 64.2 Å². The molecule has 0 saturated heterocycles. The summed E-state index contributed by atoms with van der Waals surface area (Å²) in [7, 11) is 0. The zero-order valence-electron chi connectivity index (χ0n) is 16.3. The number of aliphatic imine (C=N–C) groups is 1. The molecule has 0 amide bonds. The molecule has 5 heteroatoms. The molecule has 144 valence electrons. The molecule has 0 aliphatic heterocycles. The van der Waals surface area contributed by atoms with Gasteiger partial charge in [-0.2, -0.15) is 0 Å². The van der Waals surface area contributed by atoms with Crippen molar-refractivity contribution in [1.82, 2.24) is 0 Å². The number of rotatable bonds is 5. The molecule has 3 nitrogen and oxygen atoms in total. The van der Waals surface area contributed by atoms with E-state index in [2.05, 4.69) is 4.99 Å². The zero-order chi connectivity index (χ0) is 20.2. The summed E-state index contributed by atoms with van der Waals surface area (Å²) in [6, 6.07) is 12.0. The van der Waals surface area contributed by atoms with Gasteiger partial charge in [0.05, 0.1) is 0 Å². The van der Waals surface area contributed by atoms with Crippen molar-refractivity contribution in [1.29, 1.82) is 0 Å². The van der Waals surface area contributed by atoms with Crippen LogP contribution in [0.1, 0.15) is 44.4 Å². The molecule has 0 unspecified atom stereocenters. The van der Waals surface area contributed by atoms with Crippen LogP contribution in [0.2, 0.25) is 5.02 Å². The minimum Gasteiger partial charge on any atom is -0.458 e. The number of carbonyl (C=O) groups is 1. The summed E-state index contributed by atoms with van der Waals surface area (Å²) < 4.78 is 19.9. The molecule has 2 aromatic carbocycles. The van der Waals surface area contributed by atoms with Crippen molar-refractivity contribution in [2.45, 2.75) is 52.2 Å². The van der Waals surface area contributed by atoms with Crippen LogP contribution in [0.25, 0.3) is 0 Å². The summed E-state index contributed by atoms with van der Waals surface area (Å²) in [4.78, 5) is 17.3. The first-order chi connectivity index (χ1) is 12.5. The molecule has 0 bridgehead atoms. The van der Waals surface area contributed by atoms with Gasteiger partial charge in [-0.3, -0.25) is 4.99 Å². The van der Waals surface area contributed by atoms with Gasteiger partial charge >= 0.3 is 5.97 Å². The third kappa shape index (κ3) is 6.17. The quantitative estimate of drug-likeness (QED) is 0.496. The standard InChI is InChI=1S/C22H25ClFNO2/c1-15-6-9-17(19(24)12-15)13-22(5,20(26)27-21(2,3)4)25-14-16-7-10-18(23)11-8-16/h6-12,14H,13H2,1-5H3/b25-14+/t22-/m0/s1. The fourth-order valence-electron chi connectivity index (χ4n) is 2.49. The van der Waals surface area contributed by atoms with Crippen molar-refractivity contribution in [3.8, 4) is 0 Å². The molecule has 0 fully saturated rings. The third-order valence-corrected chi connectivity index (χ3v) is 4.20. The Balaban J connectivity index is 2.37. The number of carbonyl (C=O) groups excluding carboxylic acids is 1. The Morgan fingerprint density at radius 1 is 1.15 bits per heavy atom. The fourth-order valence-corrected chi connectivity index (χ4v) is 2.62. The van der Waals surface area contributed by atoms with Crippen molar-refractivity contribution in [2.75, 3.05) is 0 Å². The normalized spacial score (nSPS) is 14.2. The molecular weight excluding hydrogens is 365 g/mol. The molecule has 0 aliphatic rings. The van der Waals surface area contributed by atoms with Crippen molar-refractivity contribution in [3.05, 3.63) is 70.0 Å². The summed E-state index contributed by atoms with van der Waals surface area (Å²) in [6.45, 7) is 8.85. The predicted molar refractivity (Wildman–Crippen MR) is 108 cm³/mol. The maximum absolute atomic E-state index is 14.4. The highest BCUT2D eigenvalue weighted by Crippen LogP contribution is 2.25. The van der Waals surface area contributed by atoms with Gasteiger partial charge in [0.25, 0.3) is 0 Å². The minimum absolute atomic E-state index is 0.0954. The van der Waals surface area contributed by atoms with Crippen molar-refractivity contribution in [3.63, 3.8) is 0 Å². The molecule has 0 aromatic heterocycles. The predicted octanol–water partition coefficient (Wildman–Crippen LogP) is 5.55. The van der Waals surface area contributed by atoms with E-state index in [1.807, 2.05) is 13.0 Å². The Morgan fingerprint density at radius 2 is 1.78 bits per heavy atom. The first-order valence-electron chi connectivity index (χ1n) is 8.78. The van der Waals surface area contributed by atoms with Crippen LogP contribution in [0.4, 0.5) is 4.39 Å². The lowest BCUT2D eigenvalue weighted by molar-refractivity contribution is -0.160. The van der Waals surface area contributed by atoms with Crippen LogP contribution in [-0.4, -0.2) is 23.3 Å².